The lowest BCUT2D eigenvalue weighted by molar-refractivity contribution is 0.742. The SMILES string of the molecule is CC(C)(C)[Si](c1ccccc1)(c1ccccc1)[Si](C)(C)[Si](C)(C)[Si](C)(C)[Si](C)(C)C. The fraction of sp³-hybridized carbons (Fsp3) is 0.520. The molecule has 0 aromatic heterocycles. The molecule has 2 aromatic carbocycles. The second-order valence-corrected chi connectivity index (χ2v) is 65.0. The van der Waals surface area contributed by atoms with E-state index in [2.05, 4.69) is 140 Å². The fourth-order valence-corrected chi connectivity index (χ4v) is 122. The van der Waals surface area contributed by atoms with E-state index in [1.165, 1.54) is 0 Å². The molecule has 0 bridgehead atoms. The Morgan fingerprint density at radius 1 is 0.467 bits per heavy atom. The van der Waals surface area contributed by atoms with Gasteiger partial charge in [-0.3, -0.25) is 0 Å². The van der Waals surface area contributed by atoms with Crippen molar-refractivity contribution in [1.82, 2.24) is 0 Å². The van der Waals surface area contributed by atoms with Gasteiger partial charge in [0.15, 0.2) is 0 Å². The molecule has 5 heteroatoms. The van der Waals surface area contributed by atoms with E-state index in [1.807, 2.05) is 0 Å². The van der Waals surface area contributed by atoms with E-state index in [0.29, 0.717) is 0 Å². The van der Waals surface area contributed by atoms with Crippen LogP contribution in [0.2, 0.25) is 64.0 Å². The van der Waals surface area contributed by atoms with Gasteiger partial charge in [-0.05, 0) is 5.04 Å². The van der Waals surface area contributed by atoms with Gasteiger partial charge in [0.25, 0.3) is 0 Å². The van der Waals surface area contributed by atoms with Gasteiger partial charge in [-0.25, -0.2) is 0 Å². The van der Waals surface area contributed by atoms with Gasteiger partial charge < -0.3 is 0 Å². The van der Waals surface area contributed by atoms with Crippen molar-refractivity contribution in [1.29, 1.82) is 0 Å². The Morgan fingerprint density at radius 2 is 0.800 bits per heavy atom. The van der Waals surface area contributed by atoms with Crippen molar-refractivity contribution >= 4 is 46.9 Å². The molecule has 0 amide bonds. The van der Waals surface area contributed by atoms with Gasteiger partial charge >= 0.3 is 0 Å². The predicted octanol–water partition coefficient (Wildman–Crippen LogP) is 6.83. The van der Waals surface area contributed by atoms with E-state index >= 15 is 0 Å². The van der Waals surface area contributed by atoms with E-state index in [1.54, 1.807) is 10.4 Å². The zero-order valence-corrected chi connectivity index (χ0v) is 26.8. The van der Waals surface area contributed by atoms with Crippen molar-refractivity contribution < 1.29 is 0 Å². The summed E-state index contributed by atoms with van der Waals surface area (Å²) in [5.74, 6) is 0. The van der Waals surface area contributed by atoms with Crippen molar-refractivity contribution in [3.8, 4) is 0 Å². The standard InChI is InChI=1S/C25H46Si5/c1-25(2,3)30(23-19-15-13-16-20-23,24-21-17-14-18-22-24)29(11,12)28(9,10)27(7,8)26(4,5)6/h13-22H,1-12H3. The molecular weight excluding hydrogens is 441 g/mol. The maximum atomic E-state index is 2.84. The minimum atomic E-state index is -2.04. The van der Waals surface area contributed by atoms with Crippen LogP contribution in [-0.2, 0) is 0 Å². The van der Waals surface area contributed by atoms with Crippen LogP contribution in [0.4, 0.5) is 0 Å². The summed E-state index contributed by atoms with van der Waals surface area (Å²) in [5, 5.41) is 3.64. The second kappa shape index (κ2) is 8.14. The lowest BCUT2D eigenvalue weighted by atomic mass is 10.2. The highest BCUT2D eigenvalue weighted by Crippen LogP contribution is 2.47. The minimum absolute atomic E-state index is 0.277. The summed E-state index contributed by atoms with van der Waals surface area (Å²) in [7, 11) is -7.81. The van der Waals surface area contributed by atoms with Crippen LogP contribution in [0, 0.1) is 0 Å². The smallest absolute Gasteiger partial charge is 0.0735 e. The Kier molecular flexibility index (Phi) is 7.00. The number of hydrogen-bond acceptors (Lipinski definition) is 0. The summed E-state index contributed by atoms with van der Waals surface area (Å²) >= 11 is 0. The largest absolute Gasteiger partial charge is 0.113 e. The Bertz CT molecular complexity index is 801. The van der Waals surface area contributed by atoms with E-state index in [0.717, 1.165) is 0 Å². The third-order valence-electron chi connectivity index (χ3n) is 9.48. The Hall–Kier alpha value is -0.476. The molecule has 30 heavy (non-hydrogen) atoms. The maximum Gasteiger partial charge on any atom is 0.113 e. The van der Waals surface area contributed by atoms with Gasteiger partial charge in [-0.1, -0.05) is 151 Å². The molecule has 0 saturated carbocycles. The van der Waals surface area contributed by atoms with Crippen LogP contribution in [0.15, 0.2) is 60.7 Å². The number of rotatable bonds is 6. The van der Waals surface area contributed by atoms with E-state index in [4.69, 9.17) is 0 Å². The normalized spacial score (nSPS) is 14.7. The van der Waals surface area contributed by atoms with Crippen LogP contribution >= 0.6 is 0 Å². The summed E-state index contributed by atoms with van der Waals surface area (Å²) in [6.45, 7) is 32.7. The average Bonchev–Trinajstić information content (AvgIpc) is 2.61. The van der Waals surface area contributed by atoms with Crippen LogP contribution in [-0.4, -0.2) is 36.5 Å². The van der Waals surface area contributed by atoms with Crippen LogP contribution < -0.4 is 10.4 Å². The summed E-state index contributed by atoms with van der Waals surface area (Å²) in [6.07, 6.45) is 0. The molecule has 0 aliphatic carbocycles. The topological polar surface area (TPSA) is 0 Å². The number of benzene rings is 2. The molecule has 0 N–H and O–H groups in total. The first kappa shape index (κ1) is 25.8. The Morgan fingerprint density at radius 3 is 1.07 bits per heavy atom. The molecule has 2 aromatic rings. The zero-order chi connectivity index (χ0) is 23.2. The molecule has 0 saturated heterocycles. The first-order valence-corrected chi connectivity index (χ1v) is 30.1. The molecule has 2 rings (SSSR count). The van der Waals surface area contributed by atoms with Gasteiger partial charge in [0, 0.05) is 28.9 Å². The van der Waals surface area contributed by atoms with Gasteiger partial charge in [-0.2, -0.15) is 0 Å². The molecule has 0 aliphatic rings. The molecule has 0 unspecified atom stereocenters. The summed E-state index contributed by atoms with van der Waals surface area (Å²) in [6, 6.07) is 23.6. The monoisotopic (exact) mass is 486 g/mol. The van der Waals surface area contributed by atoms with Crippen molar-refractivity contribution in [3.63, 3.8) is 0 Å². The second-order valence-electron chi connectivity index (χ2n) is 12.9. The van der Waals surface area contributed by atoms with Crippen LogP contribution in [0.5, 0.6) is 0 Å². The maximum absolute atomic E-state index is 2.84. The van der Waals surface area contributed by atoms with Crippen LogP contribution in [0.1, 0.15) is 20.8 Å². The average molecular weight is 487 g/mol. The summed E-state index contributed by atoms with van der Waals surface area (Å²) in [5.41, 5.74) is 0. The number of hydrogen-bond donors (Lipinski definition) is 0. The van der Waals surface area contributed by atoms with Crippen molar-refractivity contribution in [3.05, 3.63) is 60.7 Å². The van der Waals surface area contributed by atoms with Crippen LogP contribution in [0.25, 0.3) is 0 Å². The third kappa shape index (κ3) is 3.68. The Balaban J connectivity index is 3.03. The van der Waals surface area contributed by atoms with Crippen molar-refractivity contribution in [2.45, 2.75) is 84.7 Å². The van der Waals surface area contributed by atoms with Gasteiger partial charge in [-0.15, -0.1) is 0 Å². The quantitative estimate of drug-likeness (QED) is 0.393. The molecule has 0 aliphatic heterocycles. The molecule has 0 nitrogen and oxygen atoms in total. The molecular formula is C25H46Si5. The van der Waals surface area contributed by atoms with E-state index < -0.39 is 36.5 Å². The molecule has 0 radical (unpaired) electrons. The highest BCUT2D eigenvalue weighted by atomic mass is 29.9. The van der Waals surface area contributed by atoms with Crippen molar-refractivity contribution in [2.75, 3.05) is 0 Å². The molecule has 166 valence electrons. The lowest BCUT2D eigenvalue weighted by Crippen LogP contribution is -2.91. The Labute approximate surface area is 191 Å². The van der Waals surface area contributed by atoms with Gasteiger partial charge in [0.1, 0.15) is 7.59 Å². The fourth-order valence-electron chi connectivity index (χ4n) is 6.26. The van der Waals surface area contributed by atoms with Crippen LogP contribution in [0.3, 0.4) is 0 Å². The molecule has 0 heterocycles. The molecule has 0 atom stereocenters. The first-order valence-electron chi connectivity index (χ1n) is 11.6. The van der Waals surface area contributed by atoms with Crippen molar-refractivity contribution in [2.24, 2.45) is 0 Å². The highest BCUT2D eigenvalue weighted by Gasteiger charge is 2.68. The molecule has 0 fully saturated rings. The minimum Gasteiger partial charge on any atom is -0.0735 e. The third-order valence-corrected chi connectivity index (χ3v) is 103. The zero-order valence-electron chi connectivity index (χ0n) is 21.8. The predicted molar refractivity (Wildman–Crippen MR) is 153 cm³/mol. The lowest BCUT2D eigenvalue weighted by Gasteiger charge is -2.63. The van der Waals surface area contributed by atoms with Gasteiger partial charge in [0.05, 0.1) is 0 Å². The molecule has 0 spiro atoms. The summed E-state index contributed by atoms with van der Waals surface area (Å²) < 4.78 is 0. The first-order chi connectivity index (χ1) is 13.5. The highest BCUT2D eigenvalue weighted by molar-refractivity contribution is 7.93. The summed E-state index contributed by atoms with van der Waals surface area (Å²) in [4.78, 5) is 0. The van der Waals surface area contributed by atoms with E-state index in [-0.39, 0.29) is 5.04 Å². The van der Waals surface area contributed by atoms with Gasteiger partial charge in [0.2, 0.25) is 0 Å². The van der Waals surface area contributed by atoms with E-state index in [9.17, 15) is 0 Å².